The van der Waals surface area contributed by atoms with Crippen LogP contribution in [0.25, 0.3) is 11.7 Å². The van der Waals surface area contributed by atoms with E-state index in [-0.39, 0.29) is 11.1 Å². The fourth-order valence-corrected chi connectivity index (χ4v) is 2.23. The van der Waals surface area contributed by atoms with Gasteiger partial charge >= 0.3 is 6.03 Å². The topological polar surface area (TPSA) is 110 Å². The Morgan fingerprint density at radius 1 is 1.30 bits per heavy atom. The lowest BCUT2D eigenvalue weighted by atomic mass is 10.1. The maximum atomic E-state index is 12.0. The van der Waals surface area contributed by atoms with Gasteiger partial charge in [-0.3, -0.25) is 10.1 Å². The first kappa shape index (κ1) is 17.1. The number of carbonyl (C=O) groups excluding carboxylic acids is 2. The number of rotatable bonds is 4. The summed E-state index contributed by atoms with van der Waals surface area (Å²) in [6, 6.07) is 2.85. The average molecular weight is 338 g/mol. The van der Waals surface area contributed by atoms with Crippen molar-refractivity contribution in [3.63, 3.8) is 0 Å². The molecule has 0 spiro atoms. The summed E-state index contributed by atoms with van der Waals surface area (Å²) in [4.78, 5) is 23.6. The predicted molar refractivity (Wildman–Crippen MR) is 83.7 cm³/mol. The molecule has 2 rings (SSSR count). The predicted octanol–water partition coefficient (Wildman–Crippen LogP) is 2.43. The molecule has 2 heterocycles. The molecule has 2 aromatic heterocycles. The zero-order valence-corrected chi connectivity index (χ0v) is 14.1. The molecule has 0 aliphatic heterocycles. The first-order valence-corrected chi connectivity index (χ1v) is 7.79. The van der Waals surface area contributed by atoms with Crippen LogP contribution in [0.15, 0.2) is 32.5 Å². The minimum atomic E-state index is -0.578. The molecule has 23 heavy (non-hydrogen) atoms. The summed E-state index contributed by atoms with van der Waals surface area (Å²) in [5.41, 5.74) is -0.425. The molecule has 2 aromatic rings. The molecule has 3 amide bonds. The minimum absolute atomic E-state index is 0.218. The van der Waals surface area contributed by atoms with Crippen LogP contribution < -0.4 is 10.6 Å². The zero-order valence-electron chi connectivity index (χ0n) is 13.2. The molecule has 124 valence electrons. The van der Waals surface area contributed by atoms with Crippen LogP contribution in [-0.4, -0.2) is 32.9 Å². The normalized spacial score (nSPS) is 12.7. The lowest BCUT2D eigenvalue weighted by Crippen LogP contribution is -2.49. The van der Waals surface area contributed by atoms with Gasteiger partial charge in [-0.15, -0.1) is 10.2 Å². The number of nitrogens with zero attached hydrogens (tertiary/aromatic N) is 2. The monoisotopic (exact) mass is 338 g/mol. The van der Waals surface area contributed by atoms with E-state index in [1.54, 1.807) is 19.1 Å². The molecule has 0 saturated carbocycles. The summed E-state index contributed by atoms with van der Waals surface area (Å²) in [5, 5.41) is 12.2. The van der Waals surface area contributed by atoms with Crippen molar-refractivity contribution in [1.82, 2.24) is 20.8 Å². The molecule has 0 aromatic carbocycles. The third-order valence-electron chi connectivity index (χ3n) is 2.51. The number of nitrogens with one attached hydrogen (secondary N) is 2. The highest BCUT2D eigenvalue weighted by Crippen LogP contribution is 2.26. The maximum absolute atomic E-state index is 12.0. The molecule has 2 N–H and O–H groups in total. The van der Waals surface area contributed by atoms with E-state index in [1.165, 1.54) is 6.26 Å². The first-order chi connectivity index (χ1) is 10.7. The summed E-state index contributed by atoms with van der Waals surface area (Å²) >= 11 is 1.06. The van der Waals surface area contributed by atoms with Gasteiger partial charge in [-0.25, -0.2) is 4.79 Å². The van der Waals surface area contributed by atoms with Gasteiger partial charge in [-0.1, -0.05) is 11.8 Å². The Bertz CT molecular complexity index is 675. The van der Waals surface area contributed by atoms with Crippen molar-refractivity contribution in [2.75, 3.05) is 0 Å². The van der Waals surface area contributed by atoms with Crippen molar-refractivity contribution in [1.29, 1.82) is 0 Å². The number of carbonyl (C=O) groups is 2. The van der Waals surface area contributed by atoms with Crippen LogP contribution in [0.3, 0.4) is 0 Å². The smallest absolute Gasteiger partial charge is 0.321 e. The van der Waals surface area contributed by atoms with Gasteiger partial charge in [0.25, 0.3) is 11.1 Å². The van der Waals surface area contributed by atoms with Gasteiger partial charge in [-0.2, -0.15) is 0 Å². The Morgan fingerprint density at radius 3 is 2.65 bits per heavy atom. The molecule has 0 radical (unpaired) electrons. The quantitative estimate of drug-likeness (QED) is 0.824. The van der Waals surface area contributed by atoms with Crippen LogP contribution in [-0.2, 0) is 4.79 Å². The van der Waals surface area contributed by atoms with E-state index in [0.29, 0.717) is 5.76 Å². The zero-order chi connectivity index (χ0) is 17.0. The van der Waals surface area contributed by atoms with E-state index in [2.05, 4.69) is 20.8 Å². The van der Waals surface area contributed by atoms with Crippen molar-refractivity contribution < 1.29 is 18.4 Å². The van der Waals surface area contributed by atoms with E-state index in [4.69, 9.17) is 8.83 Å². The SMILES string of the molecule is C[C@H](Sc1nnc(-c2ccco2)o1)C(=O)NC(=O)NC(C)(C)C. The summed E-state index contributed by atoms with van der Waals surface area (Å²) in [6.07, 6.45) is 1.50. The standard InChI is InChI=1S/C14H18N4O4S/c1-8(10(19)15-12(20)16-14(2,3)4)23-13-18-17-11(22-13)9-6-5-7-21-9/h5-8H,1-4H3,(H2,15,16,19,20)/t8-/m0/s1. The van der Waals surface area contributed by atoms with Gasteiger partial charge in [0.05, 0.1) is 11.5 Å². The van der Waals surface area contributed by atoms with E-state index in [9.17, 15) is 9.59 Å². The molecule has 0 bridgehead atoms. The molecule has 8 nitrogen and oxygen atoms in total. The summed E-state index contributed by atoms with van der Waals surface area (Å²) < 4.78 is 10.5. The van der Waals surface area contributed by atoms with Crippen LogP contribution in [0, 0.1) is 0 Å². The largest absolute Gasteiger partial charge is 0.459 e. The first-order valence-electron chi connectivity index (χ1n) is 6.91. The molecule has 9 heteroatoms. The average Bonchev–Trinajstić information content (AvgIpc) is 3.05. The molecule has 0 saturated heterocycles. The number of imide groups is 1. The minimum Gasteiger partial charge on any atom is -0.459 e. The van der Waals surface area contributed by atoms with Crippen LogP contribution in [0.4, 0.5) is 4.79 Å². The van der Waals surface area contributed by atoms with Gasteiger partial charge in [0.2, 0.25) is 5.91 Å². The van der Waals surface area contributed by atoms with Crippen molar-refractivity contribution in [2.24, 2.45) is 0 Å². The van der Waals surface area contributed by atoms with Gasteiger partial charge in [0.1, 0.15) is 0 Å². The third kappa shape index (κ3) is 5.13. The number of furan rings is 1. The maximum Gasteiger partial charge on any atom is 0.321 e. The van der Waals surface area contributed by atoms with Gasteiger partial charge in [0, 0.05) is 5.54 Å². The van der Waals surface area contributed by atoms with E-state index < -0.39 is 22.7 Å². The van der Waals surface area contributed by atoms with Crippen molar-refractivity contribution in [3.8, 4) is 11.7 Å². The molecule has 0 fully saturated rings. The highest BCUT2D eigenvalue weighted by atomic mass is 32.2. The Kier molecular flexibility index (Phi) is 5.09. The third-order valence-corrected chi connectivity index (χ3v) is 3.44. The fraction of sp³-hybridized carbons (Fsp3) is 0.429. The Labute approximate surface area is 137 Å². The second-order valence-corrected chi connectivity index (χ2v) is 7.10. The Morgan fingerprint density at radius 2 is 2.04 bits per heavy atom. The van der Waals surface area contributed by atoms with Crippen molar-refractivity contribution in [3.05, 3.63) is 18.4 Å². The van der Waals surface area contributed by atoms with Crippen LogP contribution in [0.1, 0.15) is 27.7 Å². The van der Waals surface area contributed by atoms with Gasteiger partial charge in [-0.05, 0) is 39.8 Å². The highest BCUT2D eigenvalue weighted by molar-refractivity contribution is 8.00. The van der Waals surface area contributed by atoms with Crippen LogP contribution in [0.5, 0.6) is 0 Å². The number of urea groups is 1. The van der Waals surface area contributed by atoms with E-state index >= 15 is 0 Å². The number of hydrogen-bond acceptors (Lipinski definition) is 7. The Hall–Kier alpha value is -2.29. The number of thioether (sulfide) groups is 1. The van der Waals surface area contributed by atoms with Crippen molar-refractivity contribution in [2.45, 2.75) is 43.7 Å². The molecular formula is C14H18N4O4S. The highest BCUT2D eigenvalue weighted by Gasteiger charge is 2.22. The number of hydrogen-bond donors (Lipinski definition) is 2. The van der Waals surface area contributed by atoms with Gasteiger partial charge in [0.15, 0.2) is 5.76 Å². The summed E-state index contributed by atoms with van der Waals surface area (Å²) in [6.45, 7) is 7.11. The van der Waals surface area contributed by atoms with Gasteiger partial charge < -0.3 is 14.2 Å². The molecule has 0 aliphatic carbocycles. The molecule has 0 unspecified atom stereocenters. The molecule has 1 atom stereocenters. The van der Waals surface area contributed by atoms with Crippen molar-refractivity contribution >= 4 is 23.7 Å². The van der Waals surface area contributed by atoms with Crippen LogP contribution in [0.2, 0.25) is 0 Å². The second kappa shape index (κ2) is 6.86. The molecular weight excluding hydrogens is 320 g/mol. The summed E-state index contributed by atoms with van der Waals surface area (Å²) in [7, 11) is 0. The number of aromatic nitrogens is 2. The summed E-state index contributed by atoms with van der Waals surface area (Å²) in [5.74, 6) is 0.232. The lowest BCUT2D eigenvalue weighted by molar-refractivity contribution is -0.119. The number of amides is 3. The van der Waals surface area contributed by atoms with E-state index in [0.717, 1.165) is 11.8 Å². The molecule has 0 aliphatic rings. The lowest BCUT2D eigenvalue weighted by Gasteiger charge is -2.20. The Balaban J connectivity index is 1.90. The van der Waals surface area contributed by atoms with Crippen LogP contribution >= 0.6 is 11.8 Å². The second-order valence-electron chi connectivity index (χ2n) is 5.80. The fourth-order valence-electron chi connectivity index (χ4n) is 1.55. The van der Waals surface area contributed by atoms with E-state index in [1.807, 2.05) is 20.8 Å².